The van der Waals surface area contributed by atoms with Crippen molar-refractivity contribution in [1.29, 1.82) is 0 Å². The number of nitrogens with one attached hydrogen (secondary N) is 1. The number of hydrogen-bond acceptors (Lipinski definition) is 1. The molecule has 0 atom stereocenters. The van der Waals surface area contributed by atoms with Crippen LogP contribution in [0.2, 0.25) is 0 Å². The Balaban J connectivity index is 2.20. The summed E-state index contributed by atoms with van der Waals surface area (Å²) in [6.45, 7) is 10.2. The Bertz CT molecular complexity index is 537. The first-order valence-corrected chi connectivity index (χ1v) is 7.15. The van der Waals surface area contributed by atoms with Crippen molar-refractivity contribution >= 4 is 27.5 Å². The van der Waals surface area contributed by atoms with Gasteiger partial charge in [0.2, 0.25) is 5.91 Å². The summed E-state index contributed by atoms with van der Waals surface area (Å²) in [4.78, 5) is 12.3. The summed E-state index contributed by atoms with van der Waals surface area (Å²) >= 11 is 3.14. The van der Waals surface area contributed by atoms with Gasteiger partial charge in [-0.25, -0.2) is 4.39 Å². The minimum atomic E-state index is -0.317. The van der Waals surface area contributed by atoms with Crippen molar-refractivity contribution in [2.75, 3.05) is 5.32 Å². The molecule has 0 aromatic heterocycles. The van der Waals surface area contributed by atoms with Crippen molar-refractivity contribution in [1.82, 2.24) is 0 Å². The highest BCUT2D eigenvalue weighted by Gasteiger charge is 2.68. The van der Waals surface area contributed by atoms with Gasteiger partial charge in [-0.3, -0.25) is 4.79 Å². The average molecular weight is 328 g/mol. The highest BCUT2D eigenvalue weighted by molar-refractivity contribution is 9.10. The summed E-state index contributed by atoms with van der Waals surface area (Å²) in [5, 5.41) is 2.92. The Morgan fingerprint density at radius 2 is 1.79 bits per heavy atom. The number of aryl methyl sites for hydroxylation is 1. The number of benzene rings is 1. The zero-order valence-electron chi connectivity index (χ0n) is 11.9. The third kappa shape index (κ3) is 2.20. The summed E-state index contributed by atoms with van der Waals surface area (Å²) in [7, 11) is 0. The lowest BCUT2D eigenvalue weighted by molar-refractivity contribution is -0.118. The van der Waals surface area contributed by atoms with Crippen LogP contribution in [0.4, 0.5) is 10.1 Å². The van der Waals surface area contributed by atoms with Crippen molar-refractivity contribution in [2.24, 2.45) is 16.7 Å². The van der Waals surface area contributed by atoms with Gasteiger partial charge in [0, 0.05) is 11.6 Å². The fourth-order valence-electron chi connectivity index (χ4n) is 2.84. The van der Waals surface area contributed by atoms with Crippen molar-refractivity contribution in [3.8, 4) is 0 Å². The Hall–Kier alpha value is -0.900. The van der Waals surface area contributed by atoms with E-state index in [1.54, 1.807) is 13.0 Å². The summed E-state index contributed by atoms with van der Waals surface area (Å²) in [5.41, 5.74) is 1.40. The topological polar surface area (TPSA) is 29.1 Å². The quantitative estimate of drug-likeness (QED) is 0.850. The molecule has 2 nitrogen and oxygen atoms in total. The number of anilines is 1. The molecule has 1 fully saturated rings. The van der Waals surface area contributed by atoms with Crippen LogP contribution in [-0.4, -0.2) is 5.91 Å². The van der Waals surface area contributed by atoms with Crippen LogP contribution in [0, 0.1) is 29.5 Å². The van der Waals surface area contributed by atoms with Gasteiger partial charge >= 0.3 is 0 Å². The van der Waals surface area contributed by atoms with Crippen LogP contribution >= 0.6 is 15.9 Å². The second-order valence-electron chi connectivity index (χ2n) is 6.45. The Labute approximate surface area is 121 Å². The average Bonchev–Trinajstić information content (AvgIpc) is 2.66. The van der Waals surface area contributed by atoms with Gasteiger partial charge in [-0.1, -0.05) is 27.7 Å². The first kappa shape index (κ1) is 14.5. The molecule has 4 heteroatoms. The van der Waals surface area contributed by atoms with Crippen molar-refractivity contribution < 1.29 is 9.18 Å². The normalized spacial score (nSPS) is 20.2. The molecule has 0 bridgehead atoms. The van der Waals surface area contributed by atoms with E-state index in [0.29, 0.717) is 10.2 Å². The van der Waals surface area contributed by atoms with E-state index in [-0.39, 0.29) is 28.5 Å². The van der Waals surface area contributed by atoms with E-state index >= 15 is 0 Å². The Kier molecular flexibility index (Phi) is 3.28. The predicted octanol–water partition coefficient (Wildman–Crippen LogP) is 4.52. The zero-order chi connectivity index (χ0) is 14.6. The molecule has 1 N–H and O–H groups in total. The van der Waals surface area contributed by atoms with Gasteiger partial charge in [-0.2, -0.15) is 0 Å². The van der Waals surface area contributed by atoms with Crippen molar-refractivity contribution in [3.05, 3.63) is 28.0 Å². The molecule has 1 aromatic carbocycles. The summed E-state index contributed by atoms with van der Waals surface area (Å²) < 4.78 is 13.7. The van der Waals surface area contributed by atoms with E-state index in [9.17, 15) is 9.18 Å². The zero-order valence-corrected chi connectivity index (χ0v) is 13.5. The molecule has 1 saturated carbocycles. The molecule has 2 rings (SSSR count). The molecule has 0 aliphatic heterocycles. The molecule has 0 spiro atoms. The largest absolute Gasteiger partial charge is 0.326 e. The number of carbonyl (C=O) groups is 1. The molecular weight excluding hydrogens is 309 g/mol. The molecule has 0 saturated heterocycles. The highest BCUT2D eigenvalue weighted by atomic mass is 79.9. The summed E-state index contributed by atoms with van der Waals surface area (Å²) in [5.74, 6) is -0.317. The van der Waals surface area contributed by atoms with E-state index in [0.717, 1.165) is 5.56 Å². The van der Waals surface area contributed by atoms with E-state index in [1.165, 1.54) is 6.07 Å². The maximum absolute atomic E-state index is 13.4. The molecule has 0 radical (unpaired) electrons. The van der Waals surface area contributed by atoms with Gasteiger partial charge < -0.3 is 5.32 Å². The number of rotatable bonds is 2. The molecular formula is C15H19BrFNO. The fraction of sp³-hybridized carbons (Fsp3) is 0.533. The Morgan fingerprint density at radius 1 is 1.26 bits per heavy atom. The highest BCUT2D eigenvalue weighted by Crippen LogP contribution is 2.68. The first-order valence-electron chi connectivity index (χ1n) is 6.35. The van der Waals surface area contributed by atoms with Gasteiger partial charge in [0.25, 0.3) is 0 Å². The Morgan fingerprint density at radius 3 is 2.26 bits per heavy atom. The lowest BCUT2D eigenvalue weighted by Crippen LogP contribution is -2.18. The van der Waals surface area contributed by atoms with Crippen molar-refractivity contribution in [2.45, 2.75) is 34.6 Å². The second-order valence-corrected chi connectivity index (χ2v) is 7.30. The van der Waals surface area contributed by atoms with Crippen LogP contribution in [0.3, 0.4) is 0 Å². The van der Waals surface area contributed by atoms with Crippen LogP contribution in [0.15, 0.2) is 16.6 Å². The lowest BCUT2D eigenvalue weighted by Gasteiger charge is -2.10. The van der Waals surface area contributed by atoms with Gasteiger partial charge in [0.15, 0.2) is 0 Å². The van der Waals surface area contributed by atoms with Crippen LogP contribution < -0.4 is 5.32 Å². The molecule has 1 amide bonds. The standard InChI is InChI=1S/C15H19BrFNO/c1-8-6-10(17)9(16)7-11(8)18-13(19)12-14(2,3)15(12,4)5/h6-7,12H,1-5H3,(H,18,19). The summed E-state index contributed by atoms with van der Waals surface area (Å²) in [6, 6.07) is 3.04. The summed E-state index contributed by atoms with van der Waals surface area (Å²) in [6.07, 6.45) is 0. The minimum Gasteiger partial charge on any atom is -0.326 e. The fourth-order valence-corrected chi connectivity index (χ4v) is 3.18. The monoisotopic (exact) mass is 327 g/mol. The smallest absolute Gasteiger partial charge is 0.228 e. The van der Waals surface area contributed by atoms with Crippen LogP contribution in [0.25, 0.3) is 0 Å². The first-order chi connectivity index (χ1) is 8.59. The lowest BCUT2D eigenvalue weighted by atomic mass is 10.0. The van der Waals surface area contributed by atoms with Crippen LogP contribution in [0.1, 0.15) is 33.3 Å². The third-order valence-electron chi connectivity index (χ3n) is 4.81. The van der Waals surface area contributed by atoms with Gasteiger partial charge in [0.1, 0.15) is 5.82 Å². The number of carbonyl (C=O) groups excluding carboxylic acids is 1. The molecule has 1 aliphatic carbocycles. The van der Waals surface area contributed by atoms with Crippen molar-refractivity contribution in [3.63, 3.8) is 0 Å². The number of amides is 1. The maximum Gasteiger partial charge on any atom is 0.228 e. The van der Waals surface area contributed by atoms with E-state index in [2.05, 4.69) is 48.9 Å². The van der Waals surface area contributed by atoms with Crippen LogP contribution in [0.5, 0.6) is 0 Å². The molecule has 1 aromatic rings. The molecule has 0 heterocycles. The molecule has 1 aliphatic rings. The molecule has 19 heavy (non-hydrogen) atoms. The third-order valence-corrected chi connectivity index (χ3v) is 5.42. The number of hydrogen-bond donors (Lipinski definition) is 1. The maximum atomic E-state index is 13.4. The SMILES string of the molecule is Cc1cc(F)c(Br)cc1NC(=O)C1C(C)(C)C1(C)C. The molecule has 0 unspecified atom stereocenters. The second kappa shape index (κ2) is 4.30. The van der Waals surface area contributed by atoms with Gasteiger partial charge in [-0.05, 0) is 51.4 Å². The van der Waals surface area contributed by atoms with Crippen LogP contribution in [-0.2, 0) is 4.79 Å². The van der Waals surface area contributed by atoms with E-state index in [1.807, 2.05) is 0 Å². The van der Waals surface area contributed by atoms with E-state index < -0.39 is 0 Å². The molecule has 104 valence electrons. The van der Waals surface area contributed by atoms with Gasteiger partial charge in [0.05, 0.1) is 4.47 Å². The van der Waals surface area contributed by atoms with E-state index in [4.69, 9.17) is 0 Å². The minimum absolute atomic E-state index is 0.00223. The van der Waals surface area contributed by atoms with Gasteiger partial charge in [-0.15, -0.1) is 0 Å². The predicted molar refractivity (Wildman–Crippen MR) is 78.5 cm³/mol. The number of halogens is 2.